The number of likely N-dealkylation sites (N-methyl/N-ethyl adjacent to an activating group) is 1. The molecular weight excluding hydrogens is 561 g/mol. The van der Waals surface area contributed by atoms with E-state index >= 15 is 0 Å². The summed E-state index contributed by atoms with van der Waals surface area (Å²) in [5.74, 6) is -0.687. The van der Waals surface area contributed by atoms with Gasteiger partial charge in [-0.1, -0.05) is 57.7 Å². The number of hydrogen-bond acceptors (Lipinski definition) is 7. The van der Waals surface area contributed by atoms with Crippen LogP contribution in [0.2, 0.25) is 0 Å². The van der Waals surface area contributed by atoms with E-state index in [1.807, 2.05) is 49.1 Å². The van der Waals surface area contributed by atoms with Crippen LogP contribution in [0, 0.1) is 0 Å². The molecule has 0 atom stereocenters. The molecule has 0 spiro atoms. The van der Waals surface area contributed by atoms with E-state index in [0.717, 1.165) is 43.5 Å². The van der Waals surface area contributed by atoms with Crippen LogP contribution in [0.1, 0.15) is 52.4 Å². The van der Waals surface area contributed by atoms with Crippen molar-refractivity contribution in [2.45, 2.75) is 73.2 Å². The van der Waals surface area contributed by atoms with E-state index in [9.17, 15) is 30.0 Å². The number of hydrogen-bond donors (Lipinski definition) is 0. The Morgan fingerprint density at radius 1 is 1.05 bits per heavy atom. The Bertz CT molecular complexity index is 1330. The second kappa shape index (κ2) is 11.6. The van der Waals surface area contributed by atoms with Crippen LogP contribution in [-0.2, 0) is 20.1 Å². The molecule has 2 aromatic carbocycles. The molecule has 0 aromatic heterocycles. The van der Waals surface area contributed by atoms with Crippen molar-refractivity contribution < 1.29 is 34.2 Å². The Hall–Kier alpha value is -1.96. The number of unbranched alkanes of at least 4 members (excludes halogenated alkanes) is 2. The summed E-state index contributed by atoms with van der Waals surface area (Å²) in [6, 6.07) is 11.4. The van der Waals surface area contributed by atoms with Gasteiger partial charge in [0.1, 0.15) is 4.90 Å². The van der Waals surface area contributed by atoms with E-state index in [4.69, 9.17) is 0 Å². The van der Waals surface area contributed by atoms with E-state index in [2.05, 4.69) is 4.18 Å². The maximum absolute atomic E-state index is 14.1. The summed E-state index contributed by atoms with van der Waals surface area (Å²) in [7, 11) is -8.80. The van der Waals surface area contributed by atoms with Gasteiger partial charge in [-0.2, -0.15) is 25.9 Å². The number of halogens is 3. The van der Waals surface area contributed by atoms with Crippen LogP contribution in [0.3, 0.4) is 0 Å². The molecule has 1 aliphatic heterocycles. The predicted molar refractivity (Wildman–Crippen MR) is 144 cm³/mol. The lowest BCUT2D eigenvalue weighted by Gasteiger charge is -2.42. The van der Waals surface area contributed by atoms with Gasteiger partial charge in [0.25, 0.3) is 0 Å². The van der Waals surface area contributed by atoms with Crippen molar-refractivity contribution in [3.63, 3.8) is 0 Å². The molecule has 1 aliphatic rings. The maximum atomic E-state index is 14.1. The van der Waals surface area contributed by atoms with Crippen molar-refractivity contribution in [1.29, 1.82) is 0 Å². The van der Waals surface area contributed by atoms with Gasteiger partial charge in [-0.25, -0.2) is 8.42 Å². The molecule has 3 rings (SSSR count). The summed E-state index contributed by atoms with van der Waals surface area (Å²) in [4.78, 5) is 1.61. The van der Waals surface area contributed by atoms with Gasteiger partial charge in [0.2, 0.25) is 10.0 Å². The summed E-state index contributed by atoms with van der Waals surface area (Å²) in [5.41, 5.74) is -5.52. The Morgan fingerprint density at radius 3 is 2.13 bits per heavy atom. The Balaban J connectivity index is 2.34. The molecule has 0 amide bonds. The van der Waals surface area contributed by atoms with E-state index in [1.165, 1.54) is 17.4 Å². The number of nitrogens with zero attached hydrogens (tertiary/aromatic N) is 2. The van der Waals surface area contributed by atoms with Gasteiger partial charge in [-0.05, 0) is 37.3 Å². The molecular formula is C25H33F3N2O5S3. The minimum Gasteiger partial charge on any atom is -0.375 e. The van der Waals surface area contributed by atoms with Gasteiger partial charge in [0.15, 0.2) is 5.75 Å². The molecule has 7 nitrogen and oxygen atoms in total. The highest BCUT2D eigenvalue weighted by Gasteiger charge is 2.50. The summed E-state index contributed by atoms with van der Waals surface area (Å²) < 4.78 is 97.2. The number of anilines is 2. The monoisotopic (exact) mass is 594 g/mol. The Labute approximate surface area is 227 Å². The molecule has 0 aliphatic carbocycles. The summed E-state index contributed by atoms with van der Waals surface area (Å²) in [6.07, 6.45) is 5.96. The topological polar surface area (TPSA) is 84.0 Å². The average Bonchev–Trinajstić information content (AvgIpc) is 2.93. The fraction of sp³-hybridized carbons (Fsp3) is 0.520. The number of rotatable bonds is 10. The molecule has 0 bridgehead atoms. The van der Waals surface area contributed by atoms with Crippen LogP contribution in [0.5, 0.6) is 5.75 Å². The molecule has 13 heteroatoms. The van der Waals surface area contributed by atoms with Crippen molar-refractivity contribution in [3.8, 4) is 5.75 Å². The van der Waals surface area contributed by atoms with Crippen LogP contribution >= 0.6 is 11.8 Å². The number of thioether (sulfide) groups is 1. The lowest BCUT2D eigenvalue weighted by atomic mass is 9.86. The smallest absolute Gasteiger partial charge is 0.375 e. The standard InChI is InChI=1S/C25H33F3N2O5S3/c1-5-7-14-24(15-8-6-2)18-30(19-12-10-9-11-13-19)20-16-22(36-4)21(35-38(33,34)25(26,27)28)17-23(20)37(31,32)29(24)3/h9-13,16-17H,5-8,14-15,18H2,1-4H3. The number of sulfonamides is 1. The highest BCUT2D eigenvalue weighted by atomic mass is 32.2. The highest BCUT2D eigenvalue weighted by molar-refractivity contribution is 7.98. The Kier molecular flexibility index (Phi) is 9.37. The molecule has 2 aromatic rings. The maximum Gasteiger partial charge on any atom is 0.534 e. The highest BCUT2D eigenvalue weighted by Crippen LogP contribution is 2.47. The quantitative estimate of drug-likeness (QED) is 0.176. The second-order valence-corrected chi connectivity index (χ2v) is 13.6. The SMILES string of the molecule is CCCCC1(CCCC)CN(c2ccccc2)c2cc(SC)c(OS(=O)(=O)C(F)(F)F)cc2S(=O)(=O)N1C. The minimum absolute atomic E-state index is 0.0602. The van der Waals surface area contributed by atoms with E-state index in [-0.39, 0.29) is 15.5 Å². The van der Waals surface area contributed by atoms with Crippen LogP contribution < -0.4 is 9.08 Å². The van der Waals surface area contributed by atoms with Crippen LogP contribution in [0.4, 0.5) is 24.5 Å². The molecule has 0 fully saturated rings. The summed E-state index contributed by atoms with van der Waals surface area (Å²) >= 11 is 0.960. The first kappa shape index (κ1) is 30.6. The van der Waals surface area contributed by atoms with Crippen LogP contribution in [-0.4, -0.2) is 52.0 Å². The van der Waals surface area contributed by atoms with Gasteiger partial charge >= 0.3 is 15.6 Å². The largest absolute Gasteiger partial charge is 0.534 e. The first-order chi connectivity index (χ1) is 17.7. The van der Waals surface area contributed by atoms with Gasteiger partial charge < -0.3 is 9.08 Å². The number of para-hydroxylation sites is 1. The minimum atomic E-state index is -6.02. The lowest BCUT2D eigenvalue weighted by molar-refractivity contribution is -0.0500. The van der Waals surface area contributed by atoms with E-state index in [0.29, 0.717) is 25.1 Å². The third-order valence-corrected chi connectivity index (χ3v) is 10.6. The lowest BCUT2D eigenvalue weighted by Crippen LogP contribution is -2.53. The Morgan fingerprint density at radius 2 is 1.63 bits per heavy atom. The third-order valence-electron chi connectivity index (χ3n) is 6.84. The molecule has 1 heterocycles. The molecule has 0 N–H and O–H groups in total. The summed E-state index contributed by atoms with van der Waals surface area (Å²) in [6.45, 7) is 4.37. The van der Waals surface area contributed by atoms with Crippen molar-refractivity contribution >= 4 is 43.3 Å². The van der Waals surface area contributed by atoms with Crippen molar-refractivity contribution in [3.05, 3.63) is 42.5 Å². The zero-order valence-electron chi connectivity index (χ0n) is 21.8. The average molecular weight is 595 g/mol. The van der Waals surface area contributed by atoms with Crippen LogP contribution in [0.25, 0.3) is 0 Å². The number of alkyl halides is 3. The third kappa shape index (κ3) is 5.95. The van der Waals surface area contributed by atoms with Gasteiger partial charge in [-0.15, -0.1) is 11.8 Å². The molecule has 0 saturated carbocycles. The normalized spacial score (nSPS) is 17.6. The molecule has 0 radical (unpaired) electrons. The molecule has 38 heavy (non-hydrogen) atoms. The first-order valence-electron chi connectivity index (χ1n) is 12.3. The first-order valence-corrected chi connectivity index (χ1v) is 16.4. The second-order valence-electron chi connectivity index (χ2n) is 9.28. The van der Waals surface area contributed by atoms with Crippen molar-refractivity contribution in [1.82, 2.24) is 4.31 Å². The molecule has 0 saturated heterocycles. The molecule has 0 unspecified atom stereocenters. The number of benzene rings is 2. The fourth-order valence-corrected chi connectivity index (χ4v) is 7.46. The predicted octanol–water partition coefficient (Wildman–Crippen LogP) is 6.53. The van der Waals surface area contributed by atoms with E-state index in [1.54, 1.807) is 6.26 Å². The zero-order valence-corrected chi connectivity index (χ0v) is 24.2. The number of fused-ring (bicyclic) bond motifs is 1. The summed E-state index contributed by atoms with van der Waals surface area (Å²) in [5, 5.41) is 0. The van der Waals surface area contributed by atoms with Crippen molar-refractivity contribution in [2.24, 2.45) is 0 Å². The zero-order chi connectivity index (χ0) is 28.4. The van der Waals surface area contributed by atoms with E-state index < -0.39 is 36.9 Å². The van der Waals surface area contributed by atoms with Gasteiger partial charge in [0.05, 0.1) is 16.1 Å². The van der Waals surface area contributed by atoms with Crippen molar-refractivity contribution in [2.75, 3.05) is 24.7 Å². The van der Waals surface area contributed by atoms with Crippen LogP contribution in [0.15, 0.2) is 52.3 Å². The van der Waals surface area contributed by atoms with Gasteiger partial charge in [-0.3, -0.25) is 0 Å². The van der Waals surface area contributed by atoms with Gasteiger partial charge in [0, 0.05) is 25.3 Å². The molecule has 212 valence electrons. The fourth-order valence-electron chi connectivity index (χ4n) is 4.67.